The Morgan fingerprint density at radius 2 is 1.97 bits per heavy atom. The highest BCUT2D eigenvalue weighted by molar-refractivity contribution is 6.36. The number of nitrogen functional groups attached to an aromatic ring is 1. The fourth-order valence-corrected chi connectivity index (χ4v) is 4.58. The number of aromatic hydroxyl groups is 1. The van der Waals surface area contributed by atoms with E-state index < -0.39 is 17.4 Å². The van der Waals surface area contributed by atoms with Gasteiger partial charge in [-0.2, -0.15) is 0 Å². The first-order valence-electron chi connectivity index (χ1n) is 10.0. The Morgan fingerprint density at radius 3 is 2.69 bits per heavy atom. The molecule has 1 aliphatic rings. The summed E-state index contributed by atoms with van der Waals surface area (Å²) in [6.07, 6.45) is 4.55. The summed E-state index contributed by atoms with van der Waals surface area (Å²) >= 11 is 6.14. The lowest BCUT2D eigenvalue weighted by Crippen LogP contribution is -2.32. The van der Waals surface area contributed by atoms with Gasteiger partial charge in [0.1, 0.15) is 34.6 Å². The fourth-order valence-electron chi connectivity index (χ4n) is 4.37. The molecule has 1 saturated carbocycles. The highest BCUT2D eigenvalue weighted by Crippen LogP contribution is 2.38. The zero-order valence-corrected chi connectivity index (χ0v) is 17.4. The molecule has 32 heavy (non-hydrogen) atoms. The quantitative estimate of drug-likeness (QED) is 0.421. The number of halogens is 1. The first-order valence-corrected chi connectivity index (χ1v) is 10.4. The molecule has 0 unspecified atom stereocenters. The molecular formula is C21H18ClN5O5. The van der Waals surface area contributed by atoms with Crippen LogP contribution in [-0.4, -0.2) is 35.7 Å². The first-order chi connectivity index (χ1) is 15.4. The van der Waals surface area contributed by atoms with Crippen LogP contribution >= 0.6 is 11.6 Å². The van der Waals surface area contributed by atoms with Gasteiger partial charge in [-0.3, -0.25) is 14.2 Å². The average Bonchev–Trinajstić information content (AvgIpc) is 3.21. The van der Waals surface area contributed by atoms with E-state index >= 15 is 0 Å². The third-order valence-corrected chi connectivity index (χ3v) is 6.40. The fraction of sp³-hybridized carbons (Fsp3) is 0.286. The van der Waals surface area contributed by atoms with Crippen LogP contribution < -0.4 is 11.3 Å². The van der Waals surface area contributed by atoms with E-state index in [0.29, 0.717) is 42.3 Å². The Balaban J connectivity index is 1.73. The van der Waals surface area contributed by atoms with E-state index in [2.05, 4.69) is 15.0 Å². The number of aliphatic carboxylic acids is 1. The van der Waals surface area contributed by atoms with Crippen molar-refractivity contribution in [1.29, 1.82) is 0 Å². The molecule has 4 aromatic rings. The van der Waals surface area contributed by atoms with Crippen molar-refractivity contribution in [3.8, 4) is 17.0 Å². The number of nitrogens with zero attached hydrogens (tertiary/aromatic N) is 4. The second-order valence-electron chi connectivity index (χ2n) is 7.84. The largest absolute Gasteiger partial charge is 0.506 e. The number of hydrogen-bond acceptors (Lipinski definition) is 8. The van der Waals surface area contributed by atoms with Crippen molar-refractivity contribution in [2.75, 3.05) is 5.73 Å². The third-order valence-electron chi connectivity index (χ3n) is 6.03. The van der Waals surface area contributed by atoms with Crippen LogP contribution in [0.15, 0.2) is 33.9 Å². The minimum absolute atomic E-state index is 0.0321. The van der Waals surface area contributed by atoms with Gasteiger partial charge >= 0.3 is 5.97 Å². The van der Waals surface area contributed by atoms with E-state index in [1.807, 2.05) is 0 Å². The second kappa shape index (κ2) is 7.49. The van der Waals surface area contributed by atoms with Gasteiger partial charge in [0.2, 0.25) is 0 Å². The summed E-state index contributed by atoms with van der Waals surface area (Å²) in [6.45, 7) is 0. The minimum atomic E-state index is -0.826. The van der Waals surface area contributed by atoms with Crippen LogP contribution in [0.25, 0.3) is 33.4 Å². The van der Waals surface area contributed by atoms with E-state index in [0.717, 1.165) is 0 Å². The van der Waals surface area contributed by atoms with Crippen LogP contribution in [0, 0.1) is 5.92 Å². The molecule has 0 spiro atoms. The molecule has 164 valence electrons. The molecule has 0 atom stereocenters. The van der Waals surface area contributed by atoms with Crippen molar-refractivity contribution in [2.24, 2.45) is 5.92 Å². The number of anilines is 1. The molecule has 4 N–H and O–H groups in total. The Bertz CT molecular complexity index is 1440. The highest BCUT2D eigenvalue weighted by Gasteiger charge is 2.30. The highest BCUT2D eigenvalue weighted by atomic mass is 35.5. The van der Waals surface area contributed by atoms with E-state index in [4.69, 9.17) is 21.8 Å². The van der Waals surface area contributed by atoms with E-state index in [1.165, 1.54) is 23.2 Å². The monoisotopic (exact) mass is 455 g/mol. The summed E-state index contributed by atoms with van der Waals surface area (Å²) in [6, 6.07) is 2.74. The first kappa shape index (κ1) is 20.3. The molecule has 0 saturated heterocycles. The molecule has 0 aliphatic heterocycles. The van der Waals surface area contributed by atoms with Gasteiger partial charge in [0.05, 0.1) is 11.5 Å². The molecule has 0 bridgehead atoms. The second-order valence-corrected chi connectivity index (χ2v) is 8.21. The van der Waals surface area contributed by atoms with Crippen LogP contribution in [0.3, 0.4) is 0 Å². The third kappa shape index (κ3) is 3.06. The topological polar surface area (TPSA) is 157 Å². The van der Waals surface area contributed by atoms with E-state index in [9.17, 15) is 19.8 Å². The Kier molecular flexibility index (Phi) is 4.74. The number of furan rings is 1. The number of phenols is 1. The normalized spacial score (nSPS) is 18.9. The van der Waals surface area contributed by atoms with Gasteiger partial charge < -0.3 is 20.4 Å². The number of phenolic OH excluding ortho intramolecular Hbond substituents is 1. The van der Waals surface area contributed by atoms with Gasteiger partial charge in [-0.05, 0) is 37.8 Å². The molecule has 3 aromatic heterocycles. The standard InChI is InChI=1S/C21H18ClN5O5/c22-14-13(28)6-5-11-12(7-32-17(11)14)15-20(29)27(10-3-1-9(2-4-10)21(30)31)19-16(26-15)18(23)24-8-25-19/h5-10,28H,1-4H2,(H,30,31)(H2,23,24,25). The summed E-state index contributed by atoms with van der Waals surface area (Å²) in [4.78, 5) is 37.7. The SMILES string of the molecule is Nc1ncnc2c1nc(-c1coc3c(Cl)c(O)ccc13)c(=O)n2C1CCC(C(=O)O)CC1. The van der Waals surface area contributed by atoms with Crippen molar-refractivity contribution >= 4 is 45.5 Å². The summed E-state index contributed by atoms with van der Waals surface area (Å²) < 4.78 is 7.07. The number of carbonyl (C=O) groups is 1. The Morgan fingerprint density at radius 1 is 1.22 bits per heavy atom. The van der Waals surface area contributed by atoms with Crippen LogP contribution in [0.4, 0.5) is 5.82 Å². The zero-order chi connectivity index (χ0) is 22.6. The zero-order valence-electron chi connectivity index (χ0n) is 16.7. The number of benzene rings is 1. The molecule has 1 aromatic carbocycles. The average molecular weight is 456 g/mol. The summed E-state index contributed by atoms with van der Waals surface area (Å²) in [5.74, 6) is -1.28. The van der Waals surface area contributed by atoms with Crippen molar-refractivity contribution in [2.45, 2.75) is 31.7 Å². The van der Waals surface area contributed by atoms with Gasteiger partial charge in [-0.25, -0.2) is 15.0 Å². The maximum Gasteiger partial charge on any atom is 0.306 e. The van der Waals surface area contributed by atoms with Crippen molar-refractivity contribution in [1.82, 2.24) is 19.5 Å². The van der Waals surface area contributed by atoms with Crippen molar-refractivity contribution < 1.29 is 19.4 Å². The maximum atomic E-state index is 13.7. The maximum absolute atomic E-state index is 13.7. The Hall–Kier alpha value is -3.66. The Labute approximate surface area is 185 Å². The molecule has 5 rings (SSSR count). The molecule has 0 radical (unpaired) electrons. The minimum Gasteiger partial charge on any atom is -0.506 e. The van der Waals surface area contributed by atoms with E-state index in [1.54, 1.807) is 6.07 Å². The van der Waals surface area contributed by atoms with Gasteiger partial charge in [0, 0.05) is 11.4 Å². The van der Waals surface area contributed by atoms with Gasteiger partial charge in [-0.15, -0.1) is 0 Å². The van der Waals surface area contributed by atoms with Crippen LogP contribution in [0.1, 0.15) is 31.7 Å². The van der Waals surface area contributed by atoms with Crippen LogP contribution in [-0.2, 0) is 4.79 Å². The number of carboxylic acid groups (broad SMARTS) is 1. The van der Waals surface area contributed by atoms with Gasteiger partial charge in [-0.1, -0.05) is 11.6 Å². The lowest BCUT2D eigenvalue weighted by Gasteiger charge is -2.28. The lowest BCUT2D eigenvalue weighted by atomic mass is 9.86. The lowest BCUT2D eigenvalue weighted by molar-refractivity contribution is -0.143. The molecule has 3 heterocycles. The summed E-state index contributed by atoms with van der Waals surface area (Å²) in [5, 5.41) is 19.7. The predicted molar refractivity (Wildman–Crippen MR) is 117 cm³/mol. The van der Waals surface area contributed by atoms with Crippen molar-refractivity contribution in [3.63, 3.8) is 0 Å². The number of rotatable bonds is 3. The molecular weight excluding hydrogens is 438 g/mol. The van der Waals surface area contributed by atoms with Crippen molar-refractivity contribution in [3.05, 3.63) is 40.1 Å². The molecule has 10 nitrogen and oxygen atoms in total. The smallest absolute Gasteiger partial charge is 0.306 e. The number of fused-ring (bicyclic) bond motifs is 2. The number of nitrogens with two attached hydrogens (primary N) is 1. The van der Waals surface area contributed by atoms with Crippen LogP contribution in [0.2, 0.25) is 5.02 Å². The summed E-state index contributed by atoms with van der Waals surface area (Å²) in [7, 11) is 0. The van der Waals surface area contributed by atoms with E-state index in [-0.39, 0.29) is 39.4 Å². The predicted octanol–water partition coefficient (Wildman–Crippen LogP) is 3.36. The number of hydrogen-bond donors (Lipinski definition) is 3. The van der Waals surface area contributed by atoms with Gasteiger partial charge in [0.25, 0.3) is 5.56 Å². The summed E-state index contributed by atoms with van der Waals surface area (Å²) in [5.41, 5.74) is 6.93. The molecule has 1 aliphatic carbocycles. The van der Waals surface area contributed by atoms with Crippen LogP contribution in [0.5, 0.6) is 5.75 Å². The number of aromatic nitrogens is 4. The molecule has 1 fully saturated rings. The van der Waals surface area contributed by atoms with Gasteiger partial charge in [0.15, 0.2) is 17.0 Å². The molecule has 11 heteroatoms. The number of carboxylic acids is 1. The molecule has 0 amide bonds.